The van der Waals surface area contributed by atoms with E-state index in [0.717, 1.165) is 4.88 Å². The number of nitrogens with zero attached hydrogens (tertiary/aromatic N) is 2. The van der Waals surface area contributed by atoms with Gasteiger partial charge in [-0.2, -0.15) is 0 Å². The smallest absolute Gasteiger partial charge is 0.257 e. The normalized spacial score (nSPS) is 10.6. The number of halogens is 2. The van der Waals surface area contributed by atoms with Crippen LogP contribution in [0.15, 0.2) is 24.4 Å². The second kappa shape index (κ2) is 6.43. The van der Waals surface area contributed by atoms with Gasteiger partial charge in [-0.15, -0.1) is 11.3 Å². The molecule has 2 aromatic rings. The van der Waals surface area contributed by atoms with Crippen molar-refractivity contribution in [1.29, 1.82) is 0 Å². The Morgan fingerprint density at radius 3 is 2.80 bits per heavy atom. The standard InChI is InChI=1S/C13H13Cl2N3OS/c1-2-18(7-9-3-4-11(14)20-9)13(19)10-5-8(16)6-17-12(10)15/h3-6H,2,7,16H2,1H3. The molecule has 2 N–H and O–H groups in total. The number of hydrogen-bond acceptors (Lipinski definition) is 4. The highest BCUT2D eigenvalue weighted by atomic mass is 35.5. The van der Waals surface area contributed by atoms with Gasteiger partial charge in [0, 0.05) is 11.4 Å². The van der Waals surface area contributed by atoms with E-state index in [-0.39, 0.29) is 11.1 Å². The fourth-order valence-corrected chi connectivity index (χ4v) is 3.02. The summed E-state index contributed by atoms with van der Waals surface area (Å²) in [7, 11) is 0. The van der Waals surface area contributed by atoms with Crippen LogP contribution in [0.25, 0.3) is 0 Å². The van der Waals surface area contributed by atoms with Crippen LogP contribution in [0.2, 0.25) is 9.49 Å². The van der Waals surface area contributed by atoms with Crippen molar-refractivity contribution in [2.75, 3.05) is 12.3 Å². The molecule has 4 nitrogen and oxygen atoms in total. The lowest BCUT2D eigenvalue weighted by Crippen LogP contribution is -2.30. The molecule has 0 aromatic carbocycles. The van der Waals surface area contributed by atoms with Crippen LogP contribution in [-0.4, -0.2) is 22.3 Å². The number of pyridine rings is 1. The van der Waals surface area contributed by atoms with E-state index in [1.54, 1.807) is 11.0 Å². The maximum absolute atomic E-state index is 12.5. The largest absolute Gasteiger partial charge is 0.397 e. The lowest BCUT2D eigenvalue weighted by Gasteiger charge is -2.20. The molecule has 0 bridgehead atoms. The van der Waals surface area contributed by atoms with E-state index >= 15 is 0 Å². The highest BCUT2D eigenvalue weighted by Gasteiger charge is 2.19. The van der Waals surface area contributed by atoms with E-state index in [2.05, 4.69) is 4.98 Å². The van der Waals surface area contributed by atoms with Gasteiger partial charge in [0.15, 0.2) is 0 Å². The van der Waals surface area contributed by atoms with Crippen molar-refractivity contribution in [2.45, 2.75) is 13.5 Å². The summed E-state index contributed by atoms with van der Waals surface area (Å²) in [6, 6.07) is 5.26. The van der Waals surface area contributed by atoms with Crippen LogP contribution in [0.4, 0.5) is 5.69 Å². The number of anilines is 1. The number of thiophene rings is 1. The van der Waals surface area contributed by atoms with Crippen molar-refractivity contribution in [3.8, 4) is 0 Å². The Morgan fingerprint density at radius 1 is 1.45 bits per heavy atom. The molecule has 0 aliphatic heterocycles. The van der Waals surface area contributed by atoms with E-state index in [1.165, 1.54) is 17.5 Å². The first-order valence-corrected chi connectivity index (χ1v) is 7.53. The van der Waals surface area contributed by atoms with Crippen molar-refractivity contribution in [1.82, 2.24) is 9.88 Å². The molecule has 7 heteroatoms. The summed E-state index contributed by atoms with van der Waals surface area (Å²) in [4.78, 5) is 19.1. The fourth-order valence-electron chi connectivity index (χ4n) is 1.74. The summed E-state index contributed by atoms with van der Waals surface area (Å²) >= 11 is 13.3. The van der Waals surface area contributed by atoms with Crippen molar-refractivity contribution in [3.05, 3.63) is 44.3 Å². The minimum atomic E-state index is -0.193. The average Bonchev–Trinajstić information content (AvgIpc) is 2.83. The van der Waals surface area contributed by atoms with Crippen LogP contribution in [0.3, 0.4) is 0 Å². The highest BCUT2D eigenvalue weighted by molar-refractivity contribution is 7.16. The molecule has 0 fully saturated rings. The van der Waals surface area contributed by atoms with Crippen LogP contribution in [-0.2, 0) is 6.54 Å². The molecule has 0 atom stereocenters. The second-order valence-electron chi connectivity index (χ2n) is 4.13. The molecule has 0 aliphatic carbocycles. The maximum Gasteiger partial charge on any atom is 0.257 e. The van der Waals surface area contributed by atoms with Crippen molar-refractivity contribution >= 4 is 46.1 Å². The lowest BCUT2D eigenvalue weighted by atomic mass is 10.2. The molecule has 20 heavy (non-hydrogen) atoms. The zero-order valence-electron chi connectivity index (χ0n) is 10.8. The molecule has 106 valence electrons. The molecule has 0 saturated heterocycles. The van der Waals surface area contributed by atoms with E-state index in [9.17, 15) is 4.79 Å². The third kappa shape index (κ3) is 3.42. The summed E-state index contributed by atoms with van der Waals surface area (Å²) in [5.41, 5.74) is 6.38. The third-order valence-corrected chi connectivity index (χ3v) is 4.25. The Hall–Kier alpha value is -1.30. The quantitative estimate of drug-likeness (QED) is 0.870. The summed E-state index contributed by atoms with van der Waals surface area (Å²) in [6.45, 7) is 2.94. The summed E-state index contributed by atoms with van der Waals surface area (Å²) in [5.74, 6) is -0.193. The van der Waals surface area contributed by atoms with E-state index in [0.29, 0.717) is 28.7 Å². The van der Waals surface area contributed by atoms with Crippen molar-refractivity contribution < 1.29 is 4.79 Å². The van der Waals surface area contributed by atoms with Crippen LogP contribution in [0.1, 0.15) is 22.2 Å². The zero-order chi connectivity index (χ0) is 14.7. The number of rotatable bonds is 4. The number of nitrogens with two attached hydrogens (primary N) is 1. The molecular weight excluding hydrogens is 317 g/mol. The zero-order valence-corrected chi connectivity index (χ0v) is 13.1. The number of nitrogen functional groups attached to an aromatic ring is 1. The van der Waals surface area contributed by atoms with Gasteiger partial charge >= 0.3 is 0 Å². The highest BCUT2D eigenvalue weighted by Crippen LogP contribution is 2.24. The molecule has 0 radical (unpaired) electrons. The minimum absolute atomic E-state index is 0.159. The number of carbonyl (C=O) groups is 1. The van der Waals surface area contributed by atoms with Crippen LogP contribution in [0.5, 0.6) is 0 Å². The first kappa shape index (κ1) is 15.1. The van der Waals surface area contributed by atoms with Crippen LogP contribution >= 0.6 is 34.5 Å². The molecule has 0 saturated carbocycles. The van der Waals surface area contributed by atoms with Gasteiger partial charge in [0.2, 0.25) is 0 Å². The van der Waals surface area contributed by atoms with Gasteiger partial charge in [-0.1, -0.05) is 23.2 Å². The van der Waals surface area contributed by atoms with Gasteiger partial charge < -0.3 is 10.6 Å². The maximum atomic E-state index is 12.5. The van der Waals surface area contributed by atoms with Gasteiger partial charge in [-0.3, -0.25) is 4.79 Å². The van der Waals surface area contributed by atoms with E-state index in [4.69, 9.17) is 28.9 Å². The third-order valence-electron chi connectivity index (χ3n) is 2.74. The summed E-state index contributed by atoms with van der Waals surface area (Å²) < 4.78 is 0.701. The Labute approximate surface area is 131 Å². The summed E-state index contributed by atoms with van der Waals surface area (Å²) in [6.07, 6.45) is 1.43. The molecule has 2 heterocycles. The lowest BCUT2D eigenvalue weighted by molar-refractivity contribution is 0.0754. The topological polar surface area (TPSA) is 59.2 Å². The predicted octanol–water partition coefficient (Wildman–Crippen LogP) is 3.69. The van der Waals surface area contributed by atoms with Gasteiger partial charge in [-0.05, 0) is 25.1 Å². The second-order valence-corrected chi connectivity index (χ2v) is 6.29. The molecule has 0 unspecified atom stereocenters. The number of amides is 1. The van der Waals surface area contributed by atoms with Gasteiger partial charge in [0.25, 0.3) is 5.91 Å². The fraction of sp³-hybridized carbons (Fsp3) is 0.231. The Kier molecular flexibility index (Phi) is 4.86. The van der Waals surface area contributed by atoms with E-state index < -0.39 is 0 Å². The average molecular weight is 330 g/mol. The molecule has 1 amide bonds. The van der Waals surface area contributed by atoms with Crippen LogP contribution in [0, 0.1) is 0 Å². The SMILES string of the molecule is CCN(Cc1ccc(Cl)s1)C(=O)c1cc(N)cnc1Cl. The van der Waals surface area contributed by atoms with Gasteiger partial charge in [0.05, 0.1) is 28.3 Å². The molecule has 0 spiro atoms. The molecular formula is C13H13Cl2N3OS. The monoisotopic (exact) mass is 329 g/mol. The predicted molar refractivity (Wildman–Crippen MR) is 83.4 cm³/mol. The Bertz CT molecular complexity index is 630. The number of hydrogen-bond donors (Lipinski definition) is 1. The van der Waals surface area contributed by atoms with Crippen LogP contribution < -0.4 is 5.73 Å². The Morgan fingerprint density at radius 2 is 2.20 bits per heavy atom. The van der Waals surface area contributed by atoms with Crippen molar-refractivity contribution in [3.63, 3.8) is 0 Å². The Balaban J connectivity index is 2.22. The molecule has 0 aliphatic rings. The number of aromatic nitrogens is 1. The van der Waals surface area contributed by atoms with E-state index in [1.807, 2.05) is 19.1 Å². The summed E-state index contributed by atoms with van der Waals surface area (Å²) in [5, 5.41) is 0.159. The first-order chi connectivity index (χ1) is 9.51. The van der Waals surface area contributed by atoms with Gasteiger partial charge in [0.1, 0.15) is 5.15 Å². The molecule has 2 rings (SSSR count). The molecule has 2 aromatic heterocycles. The first-order valence-electron chi connectivity index (χ1n) is 5.95. The van der Waals surface area contributed by atoms with Crippen molar-refractivity contribution in [2.24, 2.45) is 0 Å². The number of carbonyl (C=O) groups excluding carboxylic acids is 1. The van der Waals surface area contributed by atoms with Gasteiger partial charge in [-0.25, -0.2) is 4.98 Å². The minimum Gasteiger partial charge on any atom is -0.397 e.